The summed E-state index contributed by atoms with van der Waals surface area (Å²) in [6.45, 7) is 0. The van der Waals surface area contributed by atoms with Crippen molar-refractivity contribution in [1.29, 1.82) is 0 Å². The second-order valence-electron chi connectivity index (χ2n) is 14.9. The zero-order chi connectivity index (χ0) is 37.5. The molecule has 0 aliphatic heterocycles. The van der Waals surface area contributed by atoms with Gasteiger partial charge in [-0.15, -0.1) is 11.3 Å². The van der Waals surface area contributed by atoms with Gasteiger partial charge in [-0.1, -0.05) is 121 Å². The number of fused-ring (bicyclic) bond motifs is 9. The summed E-state index contributed by atoms with van der Waals surface area (Å²) < 4.78 is 7.49. The Kier molecular flexibility index (Phi) is 7.13. The topological polar surface area (TPSA) is 9.86 Å². The minimum Gasteiger partial charge on any atom is -0.309 e. The number of benzene rings is 9. The second kappa shape index (κ2) is 12.7. The Labute approximate surface area is 333 Å². The molecule has 0 spiro atoms. The van der Waals surface area contributed by atoms with Gasteiger partial charge in [0.05, 0.1) is 22.1 Å². The van der Waals surface area contributed by atoms with E-state index in [2.05, 4.69) is 215 Å². The van der Waals surface area contributed by atoms with Gasteiger partial charge in [-0.05, 0) is 118 Å². The molecule has 0 saturated carbocycles. The molecule has 3 heterocycles. The number of hydrogen-bond acceptors (Lipinski definition) is 1. The lowest BCUT2D eigenvalue weighted by atomic mass is 9.92. The van der Waals surface area contributed by atoms with Gasteiger partial charge in [0.1, 0.15) is 0 Å². The van der Waals surface area contributed by atoms with Crippen molar-refractivity contribution in [2.45, 2.75) is 0 Å². The highest BCUT2D eigenvalue weighted by Gasteiger charge is 2.17. The van der Waals surface area contributed by atoms with Crippen molar-refractivity contribution >= 4 is 75.1 Å². The van der Waals surface area contributed by atoms with Gasteiger partial charge in [-0.25, -0.2) is 0 Å². The van der Waals surface area contributed by atoms with Crippen molar-refractivity contribution in [2.24, 2.45) is 0 Å². The molecular weight excluding hydrogens is 709 g/mol. The number of para-hydroxylation sites is 3. The zero-order valence-corrected chi connectivity index (χ0v) is 31.7. The van der Waals surface area contributed by atoms with E-state index in [0.717, 1.165) is 11.4 Å². The Bertz CT molecular complexity index is 3470. The van der Waals surface area contributed by atoms with Gasteiger partial charge in [-0.2, -0.15) is 0 Å². The van der Waals surface area contributed by atoms with Crippen LogP contribution in [0, 0.1) is 0 Å². The standard InChI is InChI=1S/C54H34N2S/c1-2-13-35(14-3-1)38-29-39(31-40(30-38)37-25-28-54-48(33-37)46-20-7-11-24-53(46)57-54)36-15-12-16-41(32-36)55-51-23-10-6-19-45(51)47-34-42(26-27-52(47)55)56-49-21-8-4-17-43(49)44-18-5-9-22-50(44)56/h1-34H. The summed E-state index contributed by atoms with van der Waals surface area (Å²) in [6.07, 6.45) is 0. The summed E-state index contributed by atoms with van der Waals surface area (Å²) in [5.41, 5.74) is 14.3. The summed E-state index contributed by atoms with van der Waals surface area (Å²) in [5.74, 6) is 0. The highest BCUT2D eigenvalue weighted by atomic mass is 32.1. The van der Waals surface area contributed by atoms with E-state index in [-0.39, 0.29) is 0 Å². The highest BCUT2D eigenvalue weighted by Crippen LogP contribution is 2.41. The SMILES string of the molecule is c1ccc(-c2cc(-c3cccc(-n4c5ccccc5c5cc(-n6c7ccccc7c7ccccc76)ccc54)c3)cc(-c3ccc4sc5ccccc5c4c3)c2)cc1. The van der Waals surface area contributed by atoms with Crippen LogP contribution in [0.1, 0.15) is 0 Å². The molecule has 9 aromatic carbocycles. The van der Waals surface area contributed by atoms with Crippen molar-refractivity contribution < 1.29 is 0 Å². The van der Waals surface area contributed by atoms with Crippen LogP contribution in [0.2, 0.25) is 0 Å². The van der Waals surface area contributed by atoms with Gasteiger partial charge < -0.3 is 9.13 Å². The van der Waals surface area contributed by atoms with Crippen LogP contribution >= 0.6 is 11.3 Å². The lowest BCUT2D eigenvalue weighted by Gasteiger charge is -2.14. The summed E-state index contributed by atoms with van der Waals surface area (Å²) >= 11 is 1.86. The van der Waals surface area contributed by atoms with E-state index >= 15 is 0 Å². The van der Waals surface area contributed by atoms with Gasteiger partial charge in [0, 0.05) is 53.1 Å². The van der Waals surface area contributed by atoms with Crippen molar-refractivity contribution in [3.05, 3.63) is 206 Å². The van der Waals surface area contributed by atoms with Gasteiger partial charge in [0.2, 0.25) is 0 Å². The number of nitrogens with zero attached hydrogens (tertiary/aromatic N) is 2. The van der Waals surface area contributed by atoms with Crippen LogP contribution in [-0.4, -0.2) is 9.13 Å². The zero-order valence-electron chi connectivity index (χ0n) is 30.9. The fraction of sp³-hybridized carbons (Fsp3) is 0. The van der Waals surface area contributed by atoms with E-state index < -0.39 is 0 Å². The molecule has 0 atom stereocenters. The third-order valence-electron chi connectivity index (χ3n) is 11.7. The van der Waals surface area contributed by atoms with Gasteiger partial charge in [0.25, 0.3) is 0 Å². The van der Waals surface area contributed by atoms with Gasteiger partial charge >= 0.3 is 0 Å². The fourth-order valence-electron chi connectivity index (χ4n) is 9.07. The van der Waals surface area contributed by atoms with Gasteiger partial charge in [-0.3, -0.25) is 0 Å². The summed E-state index contributed by atoms with van der Waals surface area (Å²) in [4.78, 5) is 0. The molecule has 0 aliphatic rings. The maximum atomic E-state index is 2.43. The predicted octanol–water partition coefficient (Wildman–Crippen LogP) is 15.2. The molecule has 0 N–H and O–H groups in total. The van der Waals surface area contributed by atoms with Gasteiger partial charge in [0.15, 0.2) is 0 Å². The number of thiophene rings is 1. The Morgan fingerprint density at radius 1 is 0.246 bits per heavy atom. The predicted molar refractivity (Wildman–Crippen MR) is 244 cm³/mol. The molecule has 0 unspecified atom stereocenters. The van der Waals surface area contributed by atoms with Crippen LogP contribution in [0.4, 0.5) is 0 Å². The van der Waals surface area contributed by atoms with Crippen molar-refractivity contribution in [2.75, 3.05) is 0 Å². The maximum absolute atomic E-state index is 2.43. The van der Waals surface area contributed by atoms with Crippen molar-refractivity contribution in [3.63, 3.8) is 0 Å². The number of rotatable bonds is 5. The van der Waals surface area contributed by atoms with E-state index in [4.69, 9.17) is 0 Å². The first-order valence-corrected chi connectivity index (χ1v) is 20.3. The Balaban J connectivity index is 1.03. The van der Waals surface area contributed by atoms with E-state index in [9.17, 15) is 0 Å². The largest absolute Gasteiger partial charge is 0.309 e. The normalized spacial score (nSPS) is 11.9. The smallest absolute Gasteiger partial charge is 0.0542 e. The van der Waals surface area contributed by atoms with E-state index in [0.29, 0.717) is 0 Å². The second-order valence-corrected chi connectivity index (χ2v) is 16.0. The fourth-order valence-corrected chi connectivity index (χ4v) is 10.2. The quantitative estimate of drug-likeness (QED) is 0.166. The first-order chi connectivity index (χ1) is 28.2. The summed E-state index contributed by atoms with van der Waals surface area (Å²) in [7, 11) is 0. The van der Waals surface area contributed by atoms with Crippen LogP contribution < -0.4 is 0 Å². The molecule has 0 saturated heterocycles. The average molecular weight is 743 g/mol. The Hall–Kier alpha value is -7.20. The van der Waals surface area contributed by atoms with Crippen molar-refractivity contribution in [3.8, 4) is 44.8 Å². The molecule has 3 heteroatoms. The molecule has 3 aromatic heterocycles. The summed E-state index contributed by atoms with van der Waals surface area (Å²) in [6, 6.07) is 75.8. The Morgan fingerprint density at radius 2 is 0.737 bits per heavy atom. The average Bonchev–Trinajstić information content (AvgIpc) is 3.94. The highest BCUT2D eigenvalue weighted by molar-refractivity contribution is 7.25. The van der Waals surface area contributed by atoms with Crippen LogP contribution in [0.15, 0.2) is 206 Å². The minimum absolute atomic E-state index is 1.14. The molecule has 57 heavy (non-hydrogen) atoms. The molecule has 12 aromatic rings. The molecule has 2 nitrogen and oxygen atoms in total. The molecule has 0 aliphatic carbocycles. The lowest BCUT2D eigenvalue weighted by Crippen LogP contribution is -1.96. The van der Waals surface area contributed by atoms with Crippen LogP contribution in [0.5, 0.6) is 0 Å². The molecule has 0 bridgehead atoms. The van der Waals surface area contributed by atoms with Crippen LogP contribution in [0.25, 0.3) is 109 Å². The van der Waals surface area contributed by atoms with Crippen LogP contribution in [0.3, 0.4) is 0 Å². The molecule has 0 radical (unpaired) electrons. The first-order valence-electron chi connectivity index (χ1n) is 19.5. The van der Waals surface area contributed by atoms with E-state index in [1.807, 2.05) is 11.3 Å². The Morgan fingerprint density at radius 3 is 1.42 bits per heavy atom. The molecular formula is C54H34N2S. The van der Waals surface area contributed by atoms with E-state index in [1.54, 1.807) is 0 Å². The van der Waals surface area contributed by atoms with E-state index in [1.165, 1.54) is 97.2 Å². The third kappa shape index (κ3) is 5.10. The summed E-state index contributed by atoms with van der Waals surface area (Å²) in [5, 5.41) is 7.65. The molecule has 266 valence electrons. The monoisotopic (exact) mass is 742 g/mol. The van der Waals surface area contributed by atoms with Crippen LogP contribution in [-0.2, 0) is 0 Å². The molecule has 12 rings (SSSR count). The first kappa shape index (κ1) is 32.1. The third-order valence-corrected chi connectivity index (χ3v) is 12.8. The lowest BCUT2D eigenvalue weighted by molar-refractivity contribution is 1.17. The van der Waals surface area contributed by atoms with Crippen molar-refractivity contribution in [1.82, 2.24) is 9.13 Å². The maximum Gasteiger partial charge on any atom is 0.0542 e. The molecule has 0 amide bonds. The molecule has 0 fully saturated rings. The number of hydrogen-bond donors (Lipinski definition) is 0. The minimum atomic E-state index is 1.14. The number of aromatic nitrogens is 2.